The monoisotopic (exact) mass is 350 g/mol. The summed E-state index contributed by atoms with van der Waals surface area (Å²) in [5.41, 5.74) is 0. The van der Waals surface area contributed by atoms with Gasteiger partial charge in [0.15, 0.2) is 0 Å². The van der Waals surface area contributed by atoms with Gasteiger partial charge in [-0.3, -0.25) is 0 Å². The van der Waals surface area contributed by atoms with Crippen molar-refractivity contribution in [2.45, 2.75) is 0 Å². The molecule has 0 radical (unpaired) electrons. The Morgan fingerprint density at radius 2 is 0.350 bits per heavy atom. The van der Waals surface area contributed by atoms with Crippen LogP contribution in [0, 0.1) is 0 Å². The van der Waals surface area contributed by atoms with Crippen LogP contribution in [0.1, 0.15) is 0 Å². The SMILES string of the molecule is O.O.O.O.O.O.O.O.O.O.O.O.O.O.O.O.O=C(O)O. The van der Waals surface area contributed by atoms with Crippen LogP contribution in [-0.4, -0.2) is 104 Å². The van der Waals surface area contributed by atoms with E-state index in [1.54, 1.807) is 0 Å². The zero-order valence-electron chi connectivity index (χ0n) is 9.80. The fraction of sp³-hybridized carbons (Fsp3) is 0. The predicted octanol–water partition coefficient (Wildman–Crippen LogP) is -13.0. The molecule has 152 valence electrons. The fourth-order valence-electron chi connectivity index (χ4n) is 0. The van der Waals surface area contributed by atoms with Crippen LogP contribution in [0.5, 0.6) is 0 Å². The van der Waals surface area contributed by atoms with Crippen molar-refractivity contribution >= 4 is 6.16 Å². The predicted molar refractivity (Wildman–Crippen MR) is 68.5 cm³/mol. The molecule has 0 atom stereocenters. The molecular formula is CH34O19. The molecule has 0 aliphatic carbocycles. The third-order valence-corrected chi connectivity index (χ3v) is 0. The highest BCUT2D eigenvalue weighted by Gasteiger charge is 1.70. The summed E-state index contributed by atoms with van der Waals surface area (Å²) >= 11 is 0. The van der Waals surface area contributed by atoms with Crippen LogP contribution in [-0.2, 0) is 0 Å². The number of hydrogen-bond acceptors (Lipinski definition) is 1. The molecule has 0 aliphatic heterocycles. The van der Waals surface area contributed by atoms with E-state index >= 15 is 0 Å². The largest absolute Gasteiger partial charge is 0.503 e. The maximum atomic E-state index is 8.56. The normalized spacial score (nSPS) is 1.20. The molecule has 34 N–H and O–H groups in total. The maximum absolute atomic E-state index is 8.56. The molecule has 0 bridgehead atoms. The summed E-state index contributed by atoms with van der Waals surface area (Å²) in [5, 5.41) is 13.9. The summed E-state index contributed by atoms with van der Waals surface area (Å²) in [6.07, 6.45) is -1.83. The van der Waals surface area contributed by atoms with Crippen molar-refractivity contribution in [1.82, 2.24) is 0 Å². The lowest BCUT2D eigenvalue weighted by atomic mass is 11.5. The third kappa shape index (κ3) is 2160. The fourth-order valence-corrected chi connectivity index (χ4v) is 0. The highest BCUT2D eigenvalue weighted by Crippen LogP contribution is 1.42. The molecule has 0 aromatic carbocycles. The van der Waals surface area contributed by atoms with E-state index in [1.807, 2.05) is 0 Å². The first kappa shape index (κ1) is 2180. The average molecular weight is 350 g/mol. The van der Waals surface area contributed by atoms with Gasteiger partial charge in [0, 0.05) is 0 Å². The lowest BCUT2D eigenvalue weighted by Gasteiger charge is -1.60. The minimum Gasteiger partial charge on any atom is -0.450 e. The average Bonchev–Trinajstić information content (AvgIpc) is 0.811. The molecule has 0 fully saturated rings. The topological polar surface area (TPSA) is 562 Å². The number of carbonyl (C=O) groups is 1. The second-order valence-electron chi connectivity index (χ2n) is 0.283. The minimum atomic E-state index is -1.83. The van der Waals surface area contributed by atoms with Gasteiger partial charge >= 0.3 is 6.16 Å². The van der Waals surface area contributed by atoms with Crippen molar-refractivity contribution in [3.05, 3.63) is 0 Å². The van der Waals surface area contributed by atoms with Gasteiger partial charge in [-0.1, -0.05) is 0 Å². The quantitative estimate of drug-likeness (QED) is 0.429. The first-order valence-electron chi connectivity index (χ1n) is 0.651. The molecule has 0 amide bonds. The number of hydrogen-bond donors (Lipinski definition) is 2. The Bertz CT molecular complexity index is 28.7. The minimum absolute atomic E-state index is 0. The van der Waals surface area contributed by atoms with Crippen LogP contribution in [0.3, 0.4) is 0 Å². The third-order valence-electron chi connectivity index (χ3n) is 0. The van der Waals surface area contributed by atoms with E-state index in [1.165, 1.54) is 0 Å². The standard InChI is InChI=1S/CH2O3.16H2O/c2-1(3)4;;;;;;;;;;;;;;;;/h(H2,2,3,4);16*1H2. The first-order valence-corrected chi connectivity index (χ1v) is 0.651. The molecule has 0 heterocycles. The summed E-state index contributed by atoms with van der Waals surface area (Å²) in [4.78, 5) is 8.56. The van der Waals surface area contributed by atoms with Crippen LogP contribution in [0.2, 0.25) is 0 Å². The molecule has 0 saturated heterocycles. The highest BCUT2D eigenvalue weighted by atomic mass is 16.6. The summed E-state index contributed by atoms with van der Waals surface area (Å²) in [5.74, 6) is 0. The van der Waals surface area contributed by atoms with Crippen molar-refractivity contribution in [2.24, 2.45) is 0 Å². The lowest BCUT2D eigenvalue weighted by Crippen LogP contribution is -1.81. The molecule has 0 spiro atoms. The molecule has 0 aromatic rings. The lowest BCUT2D eigenvalue weighted by molar-refractivity contribution is 0.137. The molecule has 0 rings (SSSR count). The van der Waals surface area contributed by atoms with Crippen LogP contribution < -0.4 is 0 Å². The van der Waals surface area contributed by atoms with Crippen LogP contribution in [0.15, 0.2) is 0 Å². The second kappa shape index (κ2) is 1840. The van der Waals surface area contributed by atoms with Gasteiger partial charge in [0.05, 0.1) is 0 Å². The van der Waals surface area contributed by atoms with Gasteiger partial charge in [0.1, 0.15) is 0 Å². The molecule has 0 unspecified atom stereocenters. The molecule has 0 aromatic heterocycles. The van der Waals surface area contributed by atoms with Crippen LogP contribution >= 0.6 is 0 Å². The Kier molecular flexibility index (Phi) is 200000. The Balaban J connectivity index is -0.000000000375. The van der Waals surface area contributed by atoms with Gasteiger partial charge in [0.25, 0.3) is 0 Å². The molecule has 19 heteroatoms. The summed E-state index contributed by atoms with van der Waals surface area (Å²) in [6, 6.07) is 0. The number of rotatable bonds is 0. The van der Waals surface area contributed by atoms with Crippen LogP contribution in [0.4, 0.5) is 4.79 Å². The smallest absolute Gasteiger partial charge is 0.450 e. The van der Waals surface area contributed by atoms with Gasteiger partial charge in [-0.15, -0.1) is 0 Å². The van der Waals surface area contributed by atoms with Crippen LogP contribution in [0.25, 0.3) is 0 Å². The highest BCUT2D eigenvalue weighted by molar-refractivity contribution is 5.53. The molecular weight excluding hydrogens is 316 g/mol. The Labute approximate surface area is 110 Å². The second-order valence-corrected chi connectivity index (χ2v) is 0.283. The van der Waals surface area contributed by atoms with Gasteiger partial charge < -0.3 is 97.8 Å². The Hall–Kier alpha value is -1.37. The van der Waals surface area contributed by atoms with Gasteiger partial charge in [-0.05, 0) is 0 Å². The molecule has 0 saturated carbocycles. The Morgan fingerprint density at radius 3 is 0.350 bits per heavy atom. The van der Waals surface area contributed by atoms with E-state index in [4.69, 9.17) is 15.0 Å². The van der Waals surface area contributed by atoms with Crippen molar-refractivity contribution in [3.8, 4) is 0 Å². The van der Waals surface area contributed by atoms with Crippen molar-refractivity contribution < 1.29 is 103 Å². The number of carboxylic acid groups (broad SMARTS) is 2. The van der Waals surface area contributed by atoms with E-state index < -0.39 is 6.16 Å². The molecule has 20 heavy (non-hydrogen) atoms. The van der Waals surface area contributed by atoms with Crippen molar-refractivity contribution in [2.75, 3.05) is 0 Å². The Morgan fingerprint density at radius 1 is 0.350 bits per heavy atom. The van der Waals surface area contributed by atoms with Gasteiger partial charge in [-0.2, -0.15) is 0 Å². The van der Waals surface area contributed by atoms with E-state index in [-0.39, 0.29) is 87.6 Å². The van der Waals surface area contributed by atoms with E-state index in [0.29, 0.717) is 0 Å². The van der Waals surface area contributed by atoms with E-state index in [2.05, 4.69) is 0 Å². The van der Waals surface area contributed by atoms with E-state index in [0.717, 1.165) is 0 Å². The zero-order chi connectivity index (χ0) is 3.58. The van der Waals surface area contributed by atoms with E-state index in [9.17, 15) is 0 Å². The summed E-state index contributed by atoms with van der Waals surface area (Å²) < 4.78 is 0. The van der Waals surface area contributed by atoms with Gasteiger partial charge in [0.2, 0.25) is 0 Å². The zero-order valence-corrected chi connectivity index (χ0v) is 9.80. The first-order chi connectivity index (χ1) is 1.73. The summed E-state index contributed by atoms with van der Waals surface area (Å²) in [6.45, 7) is 0. The maximum Gasteiger partial charge on any atom is 0.503 e. The van der Waals surface area contributed by atoms with Crippen molar-refractivity contribution in [1.29, 1.82) is 0 Å². The molecule has 0 aliphatic rings. The van der Waals surface area contributed by atoms with Gasteiger partial charge in [-0.25, -0.2) is 4.79 Å². The summed E-state index contributed by atoms with van der Waals surface area (Å²) in [7, 11) is 0. The van der Waals surface area contributed by atoms with Crippen molar-refractivity contribution in [3.63, 3.8) is 0 Å². The molecule has 19 nitrogen and oxygen atoms in total.